The van der Waals surface area contributed by atoms with Gasteiger partial charge in [-0.05, 0) is 35.5 Å². The Bertz CT molecular complexity index is 471. The third-order valence-electron chi connectivity index (χ3n) is 5.15. The quantitative estimate of drug-likeness (QED) is 0.277. The number of hydrogen-bond donors (Lipinski definition) is 0. The van der Waals surface area contributed by atoms with Crippen molar-refractivity contribution in [3.05, 3.63) is 11.6 Å². The summed E-state index contributed by atoms with van der Waals surface area (Å²) in [5, 5.41) is 0. The van der Waals surface area contributed by atoms with Crippen LogP contribution in [0.15, 0.2) is 11.6 Å². The standard InChI is InChI=1S/C22H40OSi/c1-11-12-13-20(16-21(23)22(8,9)10)14-15-24(17(2)3,18(4)5)19(6)7/h16-19H,11-13H2,1-10H3/b20-16-. The van der Waals surface area contributed by atoms with E-state index < -0.39 is 8.07 Å². The maximum Gasteiger partial charge on any atom is 0.161 e. The minimum Gasteiger partial charge on any atom is -0.294 e. The van der Waals surface area contributed by atoms with E-state index in [1.54, 1.807) is 0 Å². The lowest BCUT2D eigenvalue weighted by Crippen LogP contribution is -2.43. The van der Waals surface area contributed by atoms with E-state index in [1.807, 2.05) is 26.8 Å². The van der Waals surface area contributed by atoms with Crippen molar-refractivity contribution in [2.45, 2.75) is 105 Å². The topological polar surface area (TPSA) is 17.1 Å². The fourth-order valence-electron chi connectivity index (χ4n) is 3.53. The van der Waals surface area contributed by atoms with Crippen LogP contribution >= 0.6 is 0 Å². The highest BCUT2D eigenvalue weighted by atomic mass is 28.3. The zero-order valence-corrected chi connectivity index (χ0v) is 18.8. The Hall–Kier alpha value is -0.813. The summed E-state index contributed by atoms with van der Waals surface area (Å²) in [7, 11) is -1.74. The third kappa shape index (κ3) is 6.24. The lowest BCUT2D eigenvalue weighted by molar-refractivity contribution is -0.121. The highest BCUT2D eigenvalue weighted by molar-refractivity contribution is 6.90. The molecule has 0 aliphatic heterocycles. The molecule has 0 N–H and O–H groups in total. The molecule has 0 aliphatic carbocycles. The second-order valence-electron chi connectivity index (χ2n) is 9.03. The maximum absolute atomic E-state index is 12.4. The second kappa shape index (κ2) is 9.61. The first kappa shape index (κ1) is 23.2. The van der Waals surface area contributed by atoms with Crippen LogP contribution in [0.2, 0.25) is 16.6 Å². The van der Waals surface area contributed by atoms with E-state index in [2.05, 4.69) is 59.9 Å². The molecule has 0 radical (unpaired) electrons. The van der Waals surface area contributed by atoms with Gasteiger partial charge in [-0.15, -0.1) is 5.54 Å². The van der Waals surface area contributed by atoms with Gasteiger partial charge in [-0.25, -0.2) is 0 Å². The van der Waals surface area contributed by atoms with Crippen LogP contribution in [0.4, 0.5) is 0 Å². The molecule has 0 aromatic rings. The number of allylic oxidation sites excluding steroid dienone is 2. The van der Waals surface area contributed by atoms with Crippen LogP contribution in [-0.2, 0) is 4.79 Å². The highest BCUT2D eigenvalue weighted by Gasteiger charge is 2.41. The van der Waals surface area contributed by atoms with Crippen molar-refractivity contribution in [3.63, 3.8) is 0 Å². The van der Waals surface area contributed by atoms with E-state index in [-0.39, 0.29) is 11.2 Å². The molecule has 0 saturated heterocycles. The molecular weight excluding hydrogens is 308 g/mol. The molecule has 0 atom stereocenters. The van der Waals surface area contributed by atoms with E-state index in [1.165, 1.54) is 0 Å². The predicted octanol–water partition coefficient (Wildman–Crippen LogP) is 6.94. The molecule has 1 nitrogen and oxygen atoms in total. The van der Waals surface area contributed by atoms with Crippen molar-refractivity contribution in [1.29, 1.82) is 0 Å². The van der Waals surface area contributed by atoms with Gasteiger partial charge in [-0.3, -0.25) is 4.79 Å². The molecule has 0 aliphatic rings. The Labute approximate surface area is 152 Å². The van der Waals surface area contributed by atoms with Crippen LogP contribution in [0.25, 0.3) is 0 Å². The highest BCUT2D eigenvalue weighted by Crippen LogP contribution is 2.40. The molecule has 0 heterocycles. The average Bonchev–Trinajstić information content (AvgIpc) is 2.42. The molecule has 0 bridgehead atoms. The molecule has 0 aromatic heterocycles. The summed E-state index contributed by atoms with van der Waals surface area (Å²) >= 11 is 0. The van der Waals surface area contributed by atoms with E-state index in [9.17, 15) is 4.79 Å². The number of hydrogen-bond acceptors (Lipinski definition) is 1. The summed E-state index contributed by atoms with van der Waals surface area (Å²) in [4.78, 5) is 12.4. The van der Waals surface area contributed by atoms with E-state index in [0.717, 1.165) is 24.8 Å². The Morgan fingerprint density at radius 2 is 1.46 bits per heavy atom. The maximum atomic E-state index is 12.4. The predicted molar refractivity (Wildman–Crippen MR) is 111 cm³/mol. The van der Waals surface area contributed by atoms with Gasteiger partial charge in [-0.1, -0.05) is 81.6 Å². The molecule has 0 aromatic carbocycles. The van der Waals surface area contributed by atoms with Crippen molar-refractivity contribution in [1.82, 2.24) is 0 Å². The summed E-state index contributed by atoms with van der Waals surface area (Å²) in [6, 6.07) is 0. The molecule has 0 fully saturated rings. The van der Waals surface area contributed by atoms with Gasteiger partial charge >= 0.3 is 0 Å². The molecule has 24 heavy (non-hydrogen) atoms. The number of ketones is 1. The summed E-state index contributed by atoms with van der Waals surface area (Å²) < 4.78 is 0. The molecule has 0 saturated carbocycles. The lowest BCUT2D eigenvalue weighted by Gasteiger charge is -2.38. The van der Waals surface area contributed by atoms with Gasteiger partial charge in [0.2, 0.25) is 0 Å². The van der Waals surface area contributed by atoms with Crippen molar-refractivity contribution >= 4 is 13.9 Å². The van der Waals surface area contributed by atoms with Crippen LogP contribution in [0.1, 0.15) is 88.5 Å². The largest absolute Gasteiger partial charge is 0.294 e. The first-order valence-corrected chi connectivity index (χ1v) is 11.9. The lowest BCUT2D eigenvalue weighted by atomic mass is 9.89. The van der Waals surface area contributed by atoms with Crippen LogP contribution in [0.3, 0.4) is 0 Å². The Morgan fingerprint density at radius 3 is 1.79 bits per heavy atom. The second-order valence-corrected chi connectivity index (χ2v) is 14.6. The first-order chi connectivity index (χ1) is 10.9. The van der Waals surface area contributed by atoms with Crippen LogP contribution < -0.4 is 0 Å². The zero-order valence-electron chi connectivity index (χ0n) is 17.8. The van der Waals surface area contributed by atoms with Crippen molar-refractivity contribution in [2.24, 2.45) is 5.41 Å². The molecular formula is C22H40OSi. The van der Waals surface area contributed by atoms with Crippen LogP contribution in [0, 0.1) is 16.9 Å². The molecule has 138 valence electrons. The number of unbranched alkanes of at least 4 members (excludes halogenated alkanes) is 1. The van der Waals surface area contributed by atoms with E-state index >= 15 is 0 Å². The minimum atomic E-state index is -1.74. The fraction of sp³-hybridized carbons (Fsp3) is 0.773. The van der Waals surface area contributed by atoms with Crippen molar-refractivity contribution in [2.75, 3.05) is 0 Å². The van der Waals surface area contributed by atoms with E-state index in [4.69, 9.17) is 0 Å². The van der Waals surface area contributed by atoms with Gasteiger partial charge in [0.1, 0.15) is 8.07 Å². The van der Waals surface area contributed by atoms with Crippen molar-refractivity contribution < 1.29 is 4.79 Å². The molecule has 0 spiro atoms. The minimum absolute atomic E-state index is 0.189. The molecule has 0 amide bonds. The molecule has 0 rings (SSSR count). The Balaban J connectivity index is 5.91. The third-order valence-corrected chi connectivity index (χ3v) is 11.4. The summed E-state index contributed by atoms with van der Waals surface area (Å²) in [6.45, 7) is 22.1. The Morgan fingerprint density at radius 1 is 1.00 bits per heavy atom. The normalized spacial score (nSPS) is 13.5. The van der Waals surface area contributed by atoms with Gasteiger partial charge in [-0.2, -0.15) is 0 Å². The van der Waals surface area contributed by atoms with Gasteiger partial charge < -0.3 is 0 Å². The monoisotopic (exact) mass is 348 g/mol. The zero-order chi connectivity index (χ0) is 19.1. The number of rotatable bonds is 7. The Kier molecular flexibility index (Phi) is 9.29. The van der Waals surface area contributed by atoms with E-state index in [0.29, 0.717) is 16.6 Å². The van der Waals surface area contributed by atoms with Crippen LogP contribution in [0.5, 0.6) is 0 Å². The molecule has 0 unspecified atom stereocenters. The van der Waals surface area contributed by atoms with Crippen LogP contribution in [-0.4, -0.2) is 13.9 Å². The molecule has 2 heteroatoms. The first-order valence-electron chi connectivity index (χ1n) is 9.67. The summed E-state index contributed by atoms with van der Waals surface area (Å²) in [5.41, 5.74) is 6.33. The smallest absolute Gasteiger partial charge is 0.161 e. The van der Waals surface area contributed by atoms with Gasteiger partial charge in [0.05, 0.1) is 0 Å². The van der Waals surface area contributed by atoms with Gasteiger partial charge in [0.15, 0.2) is 5.78 Å². The van der Waals surface area contributed by atoms with Gasteiger partial charge in [0, 0.05) is 11.0 Å². The summed E-state index contributed by atoms with van der Waals surface area (Å²) in [6.07, 6.45) is 4.97. The number of carbonyl (C=O) groups excluding carboxylic acids is 1. The average molecular weight is 349 g/mol. The fourth-order valence-corrected chi connectivity index (χ4v) is 8.78. The van der Waals surface area contributed by atoms with Gasteiger partial charge in [0.25, 0.3) is 0 Å². The van der Waals surface area contributed by atoms with Crippen molar-refractivity contribution in [3.8, 4) is 11.5 Å². The number of carbonyl (C=O) groups is 1. The SMILES string of the molecule is CCCC/C(C#C[Si](C(C)C)(C(C)C)C(C)C)=C/C(=O)C(C)(C)C. The summed E-state index contributed by atoms with van der Waals surface area (Å²) in [5.74, 6) is 3.68.